The molecule has 4 aromatic rings. The number of nitrogens with zero attached hydrogens (tertiary/aromatic N) is 6. The number of hydrazone groups is 2. The summed E-state index contributed by atoms with van der Waals surface area (Å²) in [7, 11) is 0. The highest BCUT2D eigenvalue weighted by molar-refractivity contribution is 6.02. The van der Waals surface area contributed by atoms with E-state index >= 15 is 0 Å². The zero-order valence-corrected chi connectivity index (χ0v) is 35.2. The Morgan fingerprint density at radius 3 is 1.22 bits per heavy atom. The summed E-state index contributed by atoms with van der Waals surface area (Å²) in [6.07, 6.45) is 4.22. The Labute approximate surface area is 366 Å². The number of unbranched alkanes of at least 4 members (excludes halogenated alkanes) is 2. The van der Waals surface area contributed by atoms with E-state index in [1.807, 2.05) is 13.8 Å². The van der Waals surface area contributed by atoms with E-state index in [2.05, 4.69) is 21.1 Å². The molecule has 5 rings (SSSR count). The Bertz CT molecular complexity index is 2180. The van der Waals surface area contributed by atoms with E-state index in [1.54, 1.807) is 36.4 Å². The van der Waals surface area contributed by atoms with E-state index in [0.717, 1.165) is 49.9 Å². The monoisotopic (exact) mass is 888 g/mol. The SMILES string of the molecule is CCCC/C(=N\Nc1ccc([N+](=O)[O-])cc1[N+](=O)[O-])c1ccc2c(c1)OCCOCCOc1ccc(/C(CCCC)=N/Nc3ccc([N+](=O)[O-])cc3[N+](=O)[O-])cc1OCCOCCO2. The Morgan fingerprint density at radius 1 is 0.500 bits per heavy atom. The van der Waals surface area contributed by atoms with Crippen molar-refractivity contribution in [2.24, 2.45) is 10.2 Å². The summed E-state index contributed by atoms with van der Waals surface area (Å²) in [6, 6.07) is 17.1. The lowest BCUT2D eigenvalue weighted by molar-refractivity contribution is -0.393. The summed E-state index contributed by atoms with van der Waals surface area (Å²) < 4.78 is 36.0. The van der Waals surface area contributed by atoms with E-state index < -0.39 is 42.4 Å². The third-order valence-electron chi connectivity index (χ3n) is 9.43. The molecule has 0 atom stereocenters. The van der Waals surface area contributed by atoms with Crippen LogP contribution in [0.25, 0.3) is 0 Å². The van der Waals surface area contributed by atoms with E-state index in [-0.39, 0.29) is 64.2 Å². The van der Waals surface area contributed by atoms with Crippen molar-refractivity contribution in [2.45, 2.75) is 52.4 Å². The molecule has 22 heteroatoms. The van der Waals surface area contributed by atoms with E-state index in [9.17, 15) is 40.5 Å². The molecule has 0 amide bonds. The molecule has 64 heavy (non-hydrogen) atoms. The van der Waals surface area contributed by atoms with Crippen molar-refractivity contribution in [3.8, 4) is 23.0 Å². The molecular weight excluding hydrogens is 841 g/mol. The van der Waals surface area contributed by atoms with Crippen molar-refractivity contribution in [3.05, 3.63) is 124 Å². The number of ether oxygens (including phenoxy) is 6. The molecule has 0 unspecified atom stereocenters. The zero-order valence-electron chi connectivity index (χ0n) is 35.2. The molecule has 0 saturated carbocycles. The quantitative estimate of drug-likeness (QED) is 0.0605. The minimum atomic E-state index is -0.713. The van der Waals surface area contributed by atoms with Crippen LogP contribution in [0.1, 0.15) is 63.5 Å². The highest BCUT2D eigenvalue weighted by Gasteiger charge is 2.22. The largest absolute Gasteiger partial charge is 0.487 e. The summed E-state index contributed by atoms with van der Waals surface area (Å²) in [4.78, 5) is 43.0. The first kappa shape index (κ1) is 47.6. The zero-order chi connectivity index (χ0) is 45.8. The van der Waals surface area contributed by atoms with Gasteiger partial charge in [0.05, 0.1) is 69.7 Å². The van der Waals surface area contributed by atoms with Gasteiger partial charge in [0.1, 0.15) is 37.8 Å². The topological polar surface area (TPSA) is 277 Å². The fraction of sp³-hybridized carbons (Fsp3) is 0.381. The highest BCUT2D eigenvalue weighted by atomic mass is 16.6. The lowest BCUT2D eigenvalue weighted by Gasteiger charge is -2.17. The van der Waals surface area contributed by atoms with E-state index in [1.165, 1.54) is 12.1 Å². The molecule has 1 heterocycles. The normalized spacial score (nSPS) is 14.1. The molecule has 0 bridgehead atoms. The minimum absolute atomic E-state index is 0.00518. The van der Waals surface area contributed by atoms with Gasteiger partial charge in [-0.25, -0.2) is 0 Å². The van der Waals surface area contributed by atoms with Crippen LogP contribution in [0.2, 0.25) is 0 Å². The molecule has 1 aliphatic rings. The number of nitrogens with one attached hydrogen (secondary N) is 2. The first-order valence-corrected chi connectivity index (χ1v) is 20.4. The molecule has 0 spiro atoms. The van der Waals surface area contributed by atoms with Crippen LogP contribution in [-0.4, -0.2) is 84.0 Å². The predicted octanol–water partition coefficient (Wildman–Crippen LogP) is 8.59. The van der Waals surface area contributed by atoms with Gasteiger partial charge in [-0.15, -0.1) is 0 Å². The van der Waals surface area contributed by atoms with Gasteiger partial charge in [-0.05, 0) is 74.2 Å². The molecule has 1 aliphatic heterocycles. The number of hydrogen-bond donors (Lipinski definition) is 2. The highest BCUT2D eigenvalue weighted by Crippen LogP contribution is 2.34. The Balaban J connectivity index is 1.28. The third-order valence-corrected chi connectivity index (χ3v) is 9.43. The van der Waals surface area contributed by atoms with Crippen molar-refractivity contribution in [3.63, 3.8) is 0 Å². The molecule has 0 fully saturated rings. The standard InChI is InChI=1S/C42H48N8O14/c1-3-5-7-33(43-45-35-13-11-31(47(51)52)27-37(35)49(55)56)29-9-15-39-41(25-29)63-23-19-59-18-22-62-40-16-10-30(26-42(40)64-24-20-60-17-21-61-39)34(8-6-4-2)44-46-36-14-12-32(48(53)54)28-38(36)50(57)58/h9-16,25-28,45-46H,3-8,17-24H2,1-2H3/b43-33+,44-34+. The summed E-state index contributed by atoms with van der Waals surface area (Å²) in [5, 5.41) is 54.8. The summed E-state index contributed by atoms with van der Waals surface area (Å²) in [5.74, 6) is 1.67. The first-order chi connectivity index (χ1) is 31.0. The Hall–Kier alpha value is -7.46. The third kappa shape index (κ3) is 13.8. The molecule has 0 aromatic heterocycles. The van der Waals surface area contributed by atoms with Gasteiger partial charge in [0.15, 0.2) is 23.0 Å². The number of fused-ring (bicyclic) bond motifs is 2. The molecule has 4 aromatic carbocycles. The van der Waals surface area contributed by atoms with Gasteiger partial charge in [0.2, 0.25) is 0 Å². The van der Waals surface area contributed by atoms with Gasteiger partial charge in [-0.2, -0.15) is 10.2 Å². The van der Waals surface area contributed by atoms with Crippen molar-refractivity contribution < 1.29 is 48.1 Å². The van der Waals surface area contributed by atoms with E-state index in [0.29, 0.717) is 58.4 Å². The lowest BCUT2D eigenvalue weighted by Crippen LogP contribution is -2.16. The number of nitro groups is 4. The number of hydrogen-bond acceptors (Lipinski definition) is 18. The molecular formula is C42H48N8O14. The number of nitro benzene ring substituents is 4. The van der Waals surface area contributed by atoms with Crippen LogP contribution in [0.5, 0.6) is 23.0 Å². The van der Waals surface area contributed by atoms with E-state index in [4.69, 9.17) is 28.4 Å². The first-order valence-electron chi connectivity index (χ1n) is 20.4. The van der Waals surface area contributed by atoms with Crippen LogP contribution < -0.4 is 29.8 Å². The summed E-state index contributed by atoms with van der Waals surface area (Å²) >= 11 is 0. The molecule has 2 N–H and O–H groups in total. The molecule has 0 radical (unpaired) electrons. The van der Waals surface area contributed by atoms with Gasteiger partial charge >= 0.3 is 11.4 Å². The maximum absolute atomic E-state index is 11.7. The van der Waals surface area contributed by atoms with Gasteiger partial charge in [-0.3, -0.25) is 51.3 Å². The van der Waals surface area contributed by atoms with Gasteiger partial charge in [0, 0.05) is 23.3 Å². The van der Waals surface area contributed by atoms with Crippen LogP contribution in [0, 0.1) is 40.5 Å². The van der Waals surface area contributed by atoms with Crippen LogP contribution >= 0.6 is 0 Å². The van der Waals surface area contributed by atoms with Crippen molar-refractivity contribution in [1.29, 1.82) is 0 Å². The summed E-state index contributed by atoms with van der Waals surface area (Å²) in [6.45, 7) is 5.43. The summed E-state index contributed by atoms with van der Waals surface area (Å²) in [5.41, 5.74) is 6.09. The number of anilines is 2. The fourth-order valence-electron chi connectivity index (χ4n) is 6.12. The van der Waals surface area contributed by atoms with Crippen molar-refractivity contribution >= 4 is 45.5 Å². The van der Waals surface area contributed by atoms with Gasteiger partial charge in [-0.1, -0.05) is 26.7 Å². The Morgan fingerprint density at radius 2 is 0.875 bits per heavy atom. The fourth-order valence-corrected chi connectivity index (χ4v) is 6.12. The second kappa shape index (κ2) is 24.2. The second-order valence-corrected chi connectivity index (χ2v) is 13.9. The molecule has 0 aliphatic carbocycles. The Kier molecular flexibility index (Phi) is 18.0. The van der Waals surface area contributed by atoms with Crippen LogP contribution in [0.15, 0.2) is 83.0 Å². The molecule has 340 valence electrons. The van der Waals surface area contributed by atoms with Gasteiger partial charge in [0.25, 0.3) is 11.4 Å². The van der Waals surface area contributed by atoms with Gasteiger partial charge < -0.3 is 28.4 Å². The average Bonchev–Trinajstić information content (AvgIpc) is 3.28. The minimum Gasteiger partial charge on any atom is -0.487 e. The number of rotatable bonds is 16. The van der Waals surface area contributed by atoms with Crippen LogP contribution in [0.3, 0.4) is 0 Å². The van der Waals surface area contributed by atoms with Crippen molar-refractivity contribution in [1.82, 2.24) is 0 Å². The average molecular weight is 889 g/mol. The molecule has 22 nitrogen and oxygen atoms in total. The number of benzene rings is 4. The number of non-ortho nitro benzene ring substituents is 2. The second-order valence-electron chi connectivity index (χ2n) is 13.9. The molecule has 0 saturated heterocycles. The van der Waals surface area contributed by atoms with Crippen LogP contribution in [-0.2, 0) is 9.47 Å². The predicted molar refractivity (Wildman–Crippen MR) is 235 cm³/mol. The smallest absolute Gasteiger partial charge is 0.301 e. The van der Waals surface area contributed by atoms with Crippen molar-refractivity contribution in [2.75, 3.05) is 63.7 Å². The van der Waals surface area contributed by atoms with Crippen LogP contribution in [0.4, 0.5) is 34.1 Å². The maximum Gasteiger partial charge on any atom is 0.301 e. The lowest BCUT2D eigenvalue weighted by atomic mass is 10.0. The maximum atomic E-state index is 11.7.